The van der Waals surface area contributed by atoms with Crippen LogP contribution >= 0.6 is 0 Å². The molecular weight excluding hydrogens is 492 g/mol. The van der Waals surface area contributed by atoms with Gasteiger partial charge in [0, 0.05) is 17.5 Å². The van der Waals surface area contributed by atoms with Gasteiger partial charge < -0.3 is 5.11 Å². The number of nitrogens with zero attached hydrogens (tertiary/aromatic N) is 2. The highest BCUT2D eigenvalue weighted by Gasteiger charge is 2.66. The first-order chi connectivity index (χ1) is 17.7. The number of fused-ring (bicyclic) bond motifs is 2. The molecule has 1 N–H and O–H groups in total. The third kappa shape index (κ3) is 4.46. The Morgan fingerprint density at radius 2 is 1.71 bits per heavy atom. The molecule has 4 aliphatic rings. The number of rotatable bonds is 7. The van der Waals surface area contributed by atoms with Gasteiger partial charge in [0.05, 0.1) is 23.4 Å². The highest BCUT2D eigenvalue weighted by Crippen LogP contribution is 2.64. The van der Waals surface area contributed by atoms with E-state index in [4.69, 9.17) is 0 Å². The smallest absolute Gasteiger partial charge is 0.215 e. The van der Waals surface area contributed by atoms with Crippen LogP contribution in [-0.2, 0) is 15.6 Å². The maximum Gasteiger partial charge on any atom is 0.215 e. The molecule has 2 aromatic carbocycles. The van der Waals surface area contributed by atoms with Crippen LogP contribution in [0.25, 0.3) is 0 Å². The van der Waals surface area contributed by atoms with Crippen molar-refractivity contribution in [3.63, 3.8) is 0 Å². The predicted molar refractivity (Wildman–Crippen MR) is 154 cm³/mol. The number of hydrogen-bond acceptors (Lipinski definition) is 4. The molecule has 2 bridgehead atoms. The average Bonchev–Trinajstić information content (AvgIpc) is 3.09. The average molecular weight is 539 g/mol. The second kappa shape index (κ2) is 9.43. The summed E-state index contributed by atoms with van der Waals surface area (Å²) in [6.07, 6.45) is 3.33. The molecule has 1 spiro atoms. The Kier molecular flexibility index (Phi) is 6.91. The lowest BCUT2D eigenvalue weighted by molar-refractivity contribution is -0.0783. The Morgan fingerprint density at radius 3 is 2.34 bits per heavy atom. The van der Waals surface area contributed by atoms with Crippen LogP contribution in [-0.4, -0.2) is 47.6 Å². The second-order valence-electron chi connectivity index (χ2n) is 13.8. The van der Waals surface area contributed by atoms with E-state index >= 15 is 0 Å². The molecule has 0 radical (unpaired) electrons. The van der Waals surface area contributed by atoms with Gasteiger partial charge in [-0.25, -0.2) is 8.42 Å². The van der Waals surface area contributed by atoms with Crippen molar-refractivity contribution in [2.24, 2.45) is 16.7 Å². The molecule has 3 aliphatic carbocycles. The van der Waals surface area contributed by atoms with E-state index in [1.807, 2.05) is 46.8 Å². The molecule has 3 saturated carbocycles. The molecule has 4 fully saturated rings. The first-order valence-corrected chi connectivity index (χ1v) is 15.9. The summed E-state index contributed by atoms with van der Waals surface area (Å²) in [5, 5.41) is 11.8. The Labute approximate surface area is 230 Å². The molecule has 208 valence electrons. The van der Waals surface area contributed by atoms with E-state index in [0.717, 1.165) is 42.4 Å². The van der Waals surface area contributed by atoms with Crippen LogP contribution in [0.2, 0.25) is 0 Å². The van der Waals surface area contributed by atoms with Crippen molar-refractivity contribution in [1.29, 1.82) is 0 Å². The fourth-order valence-corrected chi connectivity index (χ4v) is 11.0. The van der Waals surface area contributed by atoms with E-state index in [1.165, 1.54) is 0 Å². The van der Waals surface area contributed by atoms with Gasteiger partial charge in [0.2, 0.25) is 10.0 Å². The van der Waals surface area contributed by atoms with Gasteiger partial charge in [-0.15, -0.1) is 0 Å². The first kappa shape index (κ1) is 27.8. The second-order valence-corrected chi connectivity index (χ2v) is 15.7. The number of hydrogen-bond donors (Lipinski definition) is 1. The zero-order chi connectivity index (χ0) is 27.7. The van der Waals surface area contributed by atoms with Crippen molar-refractivity contribution in [3.8, 4) is 0 Å². The maximum absolute atomic E-state index is 13.9. The lowest BCUT2D eigenvalue weighted by Crippen LogP contribution is -2.58. The van der Waals surface area contributed by atoms with E-state index in [9.17, 15) is 13.5 Å². The standard InChI is InChI=1S/C32H46N2O3S/c1-22(2)33(7)28(23-12-9-8-10-13-23)29(35)24-14-11-15-26(18-24)31(5,6)34-27-19-25-16-17-32(27,20-30(25,3)4)21-38(34,36)37/h8-15,18,22,25,27-29,35H,16-17,19-21H2,1-7H3/t25-,27?,28?,29?,32-/m1/s1. The number of likely N-dealkylation sites (N-methyl/N-ethyl adjacent to an activating group) is 1. The van der Waals surface area contributed by atoms with Crippen LogP contribution in [0.15, 0.2) is 54.6 Å². The molecule has 5 atom stereocenters. The minimum absolute atomic E-state index is 0.0481. The predicted octanol–water partition coefficient (Wildman–Crippen LogP) is 6.27. The maximum atomic E-state index is 13.9. The first-order valence-electron chi connectivity index (χ1n) is 14.3. The van der Waals surface area contributed by atoms with Crippen molar-refractivity contribution < 1.29 is 13.5 Å². The SMILES string of the molecule is CC(C)N(C)C(c1ccccc1)C(O)c1cccc(C(C)(C)N2C3C[C@H]4CC[C@@]3(CC4(C)C)CS2(=O)=O)c1. The third-order valence-corrected chi connectivity index (χ3v) is 12.6. The van der Waals surface area contributed by atoms with E-state index in [1.54, 1.807) is 0 Å². The van der Waals surface area contributed by atoms with Crippen LogP contribution in [0.3, 0.4) is 0 Å². The summed E-state index contributed by atoms with van der Waals surface area (Å²) in [7, 11) is -1.37. The zero-order valence-electron chi connectivity index (χ0n) is 24.2. The van der Waals surface area contributed by atoms with Gasteiger partial charge in [0.1, 0.15) is 0 Å². The number of sulfonamides is 1. The molecule has 6 rings (SSSR count). The summed E-state index contributed by atoms with van der Waals surface area (Å²) >= 11 is 0. The van der Waals surface area contributed by atoms with Gasteiger partial charge in [-0.2, -0.15) is 4.31 Å². The quantitative estimate of drug-likeness (QED) is 0.452. The van der Waals surface area contributed by atoms with Gasteiger partial charge in [-0.05, 0) is 88.4 Å². The summed E-state index contributed by atoms with van der Waals surface area (Å²) in [4.78, 5) is 2.20. The summed E-state index contributed by atoms with van der Waals surface area (Å²) in [6.45, 7) is 13.0. The highest BCUT2D eigenvalue weighted by molar-refractivity contribution is 7.89. The van der Waals surface area contributed by atoms with Crippen LogP contribution in [0.5, 0.6) is 0 Å². The summed E-state index contributed by atoms with van der Waals surface area (Å²) in [5.41, 5.74) is 2.15. The van der Waals surface area contributed by atoms with E-state index in [2.05, 4.69) is 65.6 Å². The van der Waals surface area contributed by atoms with Crippen LogP contribution in [0, 0.1) is 16.7 Å². The third-order valence-electron chi connectivity index (χ3n) is 10.3. The summed E-state index contributed by atoms with van der Waals surface area (Å²) < 4.78 is 29.7. The van der Waals surface area contributed by atoms with E-state index in [-0.39, 0.29) is 34.7 Å². The zero-order valence-corrected chi connectivity index (χ0v) is 25.0. The number of aliphatic hydroxyl groups is 1. The topological polar surface area (TPSA) is 60.9 Å². The molecule has 6 heteroatoms. The molecule has 1 aliphatic heterocycles. The lowest BCUT2D eigenvalue weighted by atomic mass is 9.49. The van der Waals surface area contributed by atoms with Crippen LogP contribution in [0.4, 0.5) is 0 Å². The Morgan fingerprint density at radius 1 is 1.05 bits per heavy atom. The Bertz CT molecular complexity index is 1270. The summed E-state index contributed by atoms with van der Waals surface area (Å²) in [6, 6.07) is 18.2. The molecule has 2 aromatic rings. The largest absolute Gasteiger partial charge is 0.386 e. The van der Waals surface area contributed by atoms with Crippen molar-refractivity contribution in [1.82, 2.24) is 9.21 Å². The molecule has 1 saturated heterocycles. The van der Waals surface area contributed by atoms with E-state index < -0.39 is 21.7 Å². The minimum atomic E-state index is -3.42. The molecular formula is C32H46N2O3S. The van der Waals surface area contributed by atoms with Gasteiger partial charge in [-0.1, -0.05) is 68.4 Å². The molecule has 0 amide bonds. The van der Waals surface area contributed by atoms with Crippen molar-refractivity contribution in [3.05, 3.63) is 71.3 Å². The monoisotopic (exact) mass is 538 g/mol. The molecule has 5 nitrogen and oxygen atoms in total. The van der Waals surface area contributed by atoms with E-state index in [0.29, 0.717) is 5.92 Å². The normalized spacial score (nSPS) is 29.9. The molecule has 38 heavy (non-hydrogen) atoms. The fraction of sp³-hybridized carbons (Fsp3) is 0.625. The van der Waals surface area contributed by atoms with Crippen LogP contribution in [0.1, 0.15) is 96.1 Å². The van der Waals surface area contributed by atoms with Gasteiger partial charge >= 0.3 is 0 Å². The molecule has 0 aromatic heterocycles. The molecule has 3 unspecified atom stereocenters. The minimum Gasteiger partial charge on any atom is -0.386 e. The van der Waals surface area contributed by atoms with Gasteiger partial charge in [0.25, 0.3) is 0 Å². The van der Waals surface area contributed by atoms with Crippen LogP contribution < -0.4 is 0 Å². The van der Waals surface area contributed by atoms with Crippen molar-refractivity contribution in [2.45, 2.75) is 97.0 Å². The van der Waals surface area contributed by atoms with Crippen molar-refractivity contribution in [2.75, 3.05) is 12.8 Å². The number of aliphatic hydroxyl groups excluding tert-OH is 1. The fourth-order valence-electron chi connectivity index (χ4n) is 8.19. The summed E-state index contributed by atoms with van der Waals surface area (Å²) in [5.74, 6) is 0.828. The van der Waals surface area contributed by atoms with Gasteiger partial charge in [0.15, 0.2) is 0 Å². The van der Waals surface area contributed by atoms with Gasteiger partial charge in [-0.3, -0.25) is 4.90 Å². The lowest BCUT2D eigenvalue weighted by Gasteiger charge is -2.58. The highest BCUT2D eigenvalue weighted by atomic mass is 32.2. The number of benzene rings is 2. The Hall–Kier alpha value is -1.73. The van der Waals surface area contributed by atoms with Crippen molar-refractivity contribution >= 4 is 10.0 Å². The Balaban J connectivity index is 1.51. The molecule has 1 heterocycles.